The standard InChI is InChI=1S/C15H12O/c1-3-7-12(8-4-1)15(14-11-16-14)13-9-5-2-6-10-13/h1-10H,11H2. The van der Waals surface area contributed by atoms with Gasteiger partial charge in [-0.1, -0.05) is 60.7 Å². The molecule has 0 N–H and O–H groups in total. The Labute approximate surface area is 95.0 Å². The summed E-state index contributed by atoms with van der Waals surface area (Å²) in [5, 5.41) is 0. The van der Waals surface area contributed by atoms with E-state index in [1.165, 1.54) is 16.7 Å². The first-order chi connectivity index (χ1) is 7.95. The van der Waals surface area contributed by atoms with Gasteiger partial charge in [0.1, 0.15) is 12.4 Å². The molecule has 0 amide bonds. The van der Waals surface area contributed by atoms with Crippen molar-refractivity contribution in [3.8, 4) is 0 Å². The Balaban J connectivity index is 2.12. The topological polar surface area (TPSA) is 12.5 Å². The highest BCUT2D eigenvalue weighted by atomic mass is 16.6. The molecule has 1 heteroatoms. The number of epoxide rings is 1. The Morgan fingerprint density at radius 1 is 0.750 bits per heavy atom. The van der Waals surface area contributed by atoms with Gasteiger partial charge in [0.2, 0.25) is 0 Å². The van der Waals surface area contributed by atoms with E-state index < -0.39 is 0 Å². The highest BCUT2D eigenvalue weighted by Crippen LogP contribution is 2.33. The smallest absolute Gasteiger partial charge is 0.146 e. The molecule has 1 heterocycles. The molecule has 2 aromatic rings. The summed E-state index contributed by atoms with van der Waals surface area (Å²) in [4.78, 5) is 0. The van der Waals surface area contributed by atoms with E-state index in [1.54, 1.807) is 0 Å². The van der Waals surface area contributed by atoms with Gasteiger partial charge in [0.15, 0.2) is 0 Å². The summed E-state index contributed by atoms with van der Waals surface area (Å²) in [5.74, 6) is 1.09. The molecular formula is C15H12O. The molecular weight excluding hydrogens is 196 g/mol. The molecule has 0 unspecified atom stereocenters. The quantitative estimate of drug-likeness (QED) is 0.688. The van der Waals surface area contributed by atoms with E-state index in [2.05, 4.69) is 48.5 Å². The van der Waals surface area contributed by atoms with Crippen LogP contribution in [0.4, 0.5) is 0 Å². The summed E-state index contributed by atoms with van der Waals surface area (Å²) >= 11 is 0. The van der Waals surface area contributed by atoms with Crippen molar-refractivity contribution in [3.05, 3.63) is 77.5 Å². The van der Waals surface area contributed by atoms with Crippen molar-refractivity contribution in [2.75, 3.05) is 6.61 Å². The second kappa shape index (κ2) is 3.86. The van der Waals surface area contributed by atoms with Gasteiger partial charge in [-0.2, -0.15) is 0 Å². The molecule has 0 spiro atoms. The number of hydrogen-bond donors (Lipinski definition) is 0. The molecule has 1 saturated heterocycles. The molecule has 0 aliphatic carbocycles. The molecule has 0 bridgehead atoms. The van der Waals surface area contributed by atoms with Crippen molar-refractivity contribution in [2.24, 2.45) is 0 Å². The zero-order valence-corrected chi connectivity index (χ0v) is 8.89. The first kappa shape index (κ1) is 9.22. The predicted molar refractivity (Wildman–Crippen MR) is 64.9 cm³/mol. The minimum absolute atomic E-state index is 0.763. The number of ether oxygens (including phenoxy) is 1. The van der Waals surface area contributed by atoms with E-state index in [-0.39, 0.29) is 0 Å². The fourth-order valence-electron chi connectivity index (χ4n) is 1.88. The zero-order chi connectivity index (χ0) is 10.8. The SMILES string of the molecule is c1ccc(C(=C2CO2)c2ccccc2)cc1. The van der Waals surface area contributed by atoms with Crippen LogP contribution in [0.1, 0.15) is 11.1 Å². The van der Waals surface area contributed by atoms with E-state index in [4.69, 9.17) is 4.74 Å². The minimum Gasteiger partial charge on any atom is -0.486 e. The van der Waals surface area contributed by atoms with Gasteiger partial charge >= 0.3 is 0 Å². The van der Waals surface area contributed by atoms with E-state index in [0.717, 1.165) is 12.4 Å². The van der Waals surface area contributed by atoms with Crippen LogP contribution in [0.15, 0.2) is 66.4 Å². The van der Waals surface area contributed by atoms with Crippen molar-refractivity contribution in [1.29, 1.82) is 0 Å². The first-order valence-corrected chi connectivity index (χ1v) is 5.42. The van der Waals surface area contributed by atoms with Crippen molar-refractivity contribution in [2.45, 2.75) is 0 Å². The molecule has 3 rings (SSSR count). The maximum Gasteiger partial charge on any atom is 0.146 e. The summed E-state index contributed by atoms with van der Waals surface area (Å²) in [6.07, 6.45) is 0. The van der Waals surface area contributed by atoms with E-state index >= 15 is 0 Å². The summed E-state index contributed by atoms with van der Waals surface area (Å²) in [6, 6.07) is 20.8. The van der Waals surface area contributed by atoms with E-state index in [9.17, 15) is 0 Å². The lowest BCUT2D eigenvalue weighted by atomic mass is 9.98. The monoisotopic (exact) mass is 208 g/mol. The van der Waals surface area contributed by atoms with Crippen LogP contribution in [0, 0.1) is 0 Å². The van der Waals surface area contributed by atoms with Gasteiger partial charge in [-0.3, -0.25) is 0 Å². The van der Waals surface area contributed by atoms with Crippen molar-refractivity contribution in [3.63, 3.8) is 0 Å². The van der Waals surface area contributed by atoms with Gasteiger partial charge < -0.3 is 4.74 Å². The Morgan fingerprint density at radius 2 is 1.19 bits per heavy atom. The zero-order valence-electron chi connectivity index (χ0n) is 8.89. The third-order valence-corrected chi connectivity index (χ3v) is 2.69. The van der Waals surface area contributed by atoms with Gasteiger partial charge in [-0.15, -0.1) is 0 Å². The van der Waals surface area contributed by atoms with Crippen LogP contribution in [0.2, 0.25) is 0 Å². The van der Waals surface area contributed by atoms with Gasteiger partial charge in [0, 0.05) is 5.57 Å². The van der Waals surface area contributed by atoms with Crippen LogP contribution in [0.5, 0.6) is 0 Å². The molecule has 1 aliphatic rings. The maximum atomic E-state index is 5.36. The number of hydrogen-bond acceptors (Lipinski definition) is 1. The Morgan fingerprint density at radius 3 is 1.56 bits per heavy atom. The summed E-state index contributed by atoms with van der Waals surface area (Å²) < 4.78 is 5.36. The third kappa shape index (κ3) is 1.72. The van der Waals surface area contributed by atoms with Crippen LogP contribution < -0.4 is 0 Å². The summed E-state index contributed by atoms with van der Waals surface area (Å²) in [7, 11) is 0. The third-order valence-electron chi connectivity index (χ3n) is 2.69. The molecule has 1 fully saturated rings. The molecule has 16 heavy (non-hydrogen) atoms. The molecule has 1 aliphatic heterocycles. The average Bonchev–Trinajstić information content (AvgIpc) is 3.17. The van der Waals surface area contributed by atoms with Crippen molar-refractivity contribution >= 4 is 5.57 Å². The Bertz CT molecular complexity index is 464. The van der Waals surface area contributed by atoms with Gasteiger partial charge in [-0.25, -0.2) is 0 Å². The molecule has 0 atom stereocenters. The summed E-state index contributed by atoms with van der Waals surface area (Å²) in [5.41, 5.74) is 3.67. The Hall–Kier alpha value is -2.02. The van der Waals surface area contributed by atoms with Crippen molar-refractivity contribution in [1.82, 2.24) is 0 Å². The van der Waals surface area contributed by atoms with Crippen molar-refractivity contribution < 1.29 is 4.74 Å². The highest BCUT2D eigenvalue weighted by Gasteiger charge is 2.22. The summed E-state index contributed by atoms with van der Waals surface area (Å²) in [6.45, 7) is 0.763. The van der Waals surface area contributed by atoms with Gasteiger partial charge in [0.05, 0.1) is 0 Å². The lowest BCUT2D eigenvalue weighted by Gasteiger charge is -2.05. The van der Waals surface area contributed by atoms with Gasteiger partial charge in [0.25, 0.3) is 0 Å². The molecule has 0 saturated carbocycles. The normalized spacial score (nSPS) is 13.1. The maximum absolute atomic E-state index is 5.36. The van der Waals surface area contributed by atoms with Crippen LogP contribution in [-0.2, 0) is 4.74 Å². The molecule has 2 aromatic carbocycles. The Kier molecular flexibility index (Phi) is 2.22. The lowest BCUT2D eigenvalue weighted by Crippen LogP contribution is -1.87. The van der Waals surface area contributed by atoms with Gasteiger partial charge in [-0.05, 0) is 11.1 Å². The second-order valence-electron chi connectivity index (χ2n) is 3.82. The van der Waals surface area contributed by atoms with Crippen LogP contribution in [0.3, 0.4) is 0 Å². The molecule has 0 radical (unpaired) electrons. The van der Waals surface area contributed by atoms with E-state index in [1.807, 2.05) is 12.1 Å². The molecule has 1 nitrogen and oxygen atoms in total. The fourth-order valence-corrected chi connectivity index (χ4v) is 1.88. The highest BCUT2D eigenvalue weighted by molar-refractivity contribution is 5.82. The van der Waals surface area contributed by atoms with Crippen LogP contribution in [0.25, 0.3) is 5.57 Å². The minimum atomic E-state index is 0.763. The predicted octanol–water partition coefficient (Wildman–Crippen LogP) is 3.48. The number of rotatable bonds is 2. The van der Waals surface area contributed by atoms with Crippen LogP contribution >= 0.6 is 0 Å². The first-order valence-electron chi connectivity index (χ1n) is 5.42. The van der Waals surface area contributed by atoms with E-state index in [0.29, 0.717) is 0 Å². The van der Waals surface area contributed by atoms with Crippen LogP contribution in [-0.4, -0.2) is 6.61 Å². The molecule has 78 valence electrons. The largest absolute Gasteiger partial charge is 0.486 e. The second-order valence-corrected chi connectivity index (χ2v) is 3.82. The fraction of sp³-hybridized carbons (Fsp3) is 0.0667. The average molecular weight is 208 g/mol. The number of benzene rings is 2. The molecule has 0 aromatic heterocycles. The lowest BCUT2D eigenvalue weighted by molar-refractivity contribution is 0.511.